The summed E-state index contributed by atoms with van der Waals surface area (Å²) in [6, 6.07) is 8.29. The third-order valence-corrected chi connectivity index (χ3v) is 3.99. The summed E-state index contributed by atoms with van der Waals surface area (Å²) in [4.78, 5) is 25.0. The van der Waals surface area contributed by atoms with E-state index in [0.717, 1.165) is 6.07 Å². The lowest BCUT2D eigenvalue weighted by Gasteiger charge is -2.11. The number of amides is 1. The number of carbonyl (C=O) groups is 1. The van der Waals surface area contributed by atoms with Crippen molar-refractivity contribution in [2.45, 2.75) is 13.5 Å². The second kappa shape index (κ2) is 6.82. The number of halogens is 3. The molecule has 0 fully saturated rings. The van der Waals surface area contributed by atoms with E-state index in [-0.39, 0.29) is 11.1 Å². The van der Waals surface area contributed by atoms with Gasteiger partial charge in [-0.15, -0.1) is 0 Å². The maximum absolute atomic E-state index is 13.5. The highest BCUT2D eigenvalue weighted by molar-refractivity contribution is 6.35. The Labute approximate surface area is 152 Å². The Morgan fingerprint density at radius 2 is 1.88 bits per heavy atom. The zero-order valence-electron chi connectivity index (χ0n) is 13.0. The molecule has 0 spiro atoms. The quantitative estimate of drug-likeness (QED) is 0.744. The van der Waals surface area contributed by atoms with Gasteiger partial charge in [-0.05, 0) is 43.3 Å². The predicted molar refractivity (Wildman–Crippen MR) is 96.1 cm³/mol. The summed E-state index contributed by atoms with van der Waals surface area (Å²) in [5, 5.41) is 7.39. The molecule has 0 atom stereocenters. The monoisotopic (exact) mass is 379 g/mol. The van der Waals surface area contributed by atoms with Gasteiger partial charge in [-0.2, -0.15) is 5.10 Å². The minimum atomic E-state index is -0.725. The first-order valence-corrected chi connectivity index (χ1v) is 8.12. The Morgan fingerprint density at radius 1 is 1.20 bits per heavy atom. The molecule has 0 aliphatic rings. The molecule has 25 heavy (non-hydrogen) atoms. The molecule has 3 rings (SSSR count). The predicted octanol–water partition coefficient (Wildman–Crippen LogP) is 4.11. The van der Waals surface area contributed by atoms with Crippen molar-refractivity contribution >= 4 is 45.7 Å². The lowest BCUT2D eigenvalue weighted by molar-refractivity contribution is 0.101. The molecule has 0 bridgehead atoms. The minimum absolute atomic E-state index is 0.0890. The molecule has 1 amide bonds. The van der Waals surface area contributed by atoms with Gasteiger partial charge in [0.1, 0.15) is 5.82 Å². The number of aromatic nitrogens is 2. The van der Waals surface area contributed by atoms with Crippen LogP contribution >= 0.6 is 23.2 Å². The van der Waals surface area contributed by atoms with Gasteiger partial charge in [0.05, 0.1) is 10.9 Å². The largest absolute Gasteiger partial charge is 0.320 e. The second-order valence-corrected chi connectivity index (χ2v) is 6.14. The molecule has 5 nitrogen and oxygen atoms in total. The molecule has 0 saturated carbocycles. The van der Waals surface area contributed by atoms with Gasteiger partial charge in [0.15, 0.2) is 5.69 Å². The van der Waals surface area contributed by atoms with Crippen LogP contribution < -0.4 is 10.7 Å². The van der Waals surface area contributed by atoms with Crippen molar-refractivity contribution in [3.05, 3.63) is 68.2 Å². The van der Waals surface area contributed by atoms with Crippen LogP contribution in [0, 0.1) is 5.82 Å². The molecule has 0 aliphatic heterocycles. The highest BCUT2D eigenvalue weighted by atomic mass is 35.5. The standard InChI is InChI=1S/C17H12Cl2FN3O2/c1-2-23-14-4-3-11(20)8-13(14)16(24)15(22-23)17(25)21-12-6-9(18)5-10(19)7-12/h3-8H,2H2,1H3,(H,21,25). The molecule has 0 saturated heterocycles. The fourth-order valence-electron chi connectivity index (χ4n) is 2.47. The van der Waals surface area contributed by atoms with Crippen molar-refractivity contribution in [3.8, 4) is 0 Å². The maximum Gasteiger partial charge on any atom is 0.280 e. The smallest absolute Gasteiger partial charge is 0.280 e. The average molecular weight is 380 g/mol. The van der Waals surface area contributed by atoms with Crippen molar-refractivity contribution < 1.29 is 9.18 Å². The fourth-order valence-corrected chi connectivity index (χ4v) is 2.99. The van der Waals surface area contributed by atoms with Gasteiger partial charge in [-0.25, -0.2) is 4.39 Å². The van der Waals surface area contributed by atoms with Gasteiger partial charge < -0.3 is 5.32 Å². The molecule has 1 aromatic heterocycles. The van der Waals surface area contributed by atoms with Crippen LogP contribution in [0.5, 0.6) is 0 Å². The molecule has 0 aliphatic carbocycles. The van der Waals surface area contributed by atoms with Crippen LogP contribution in [0.25, 0.3) is 10.9 Å². The molecular weight excluding hydrogens is 368 g/mol. The number of aryl methyl sites for hydroxylation is 1. The zero-order valence-corrected chi connectivity index (χ0v) is 14.5. The summed E-state index contributed by atoms with van der Waals surface area (Å²) in [6.45, 7) is 2.21. The summed E-state index contributed by atoms with van der Waals surface area (Å²) in [5.41, 5.74) is -0.205. The van der Waals surface area contributed by atoms with Gasteiger partial charge in [0.2, 0.25) is 5.43 Å². The van der Waals surface area contributed by atoms with Crippen molar-refractivity contribution in [2.24, 2.45) is 0 Å². The van der Waals surface area contributed by atoms with Gasteiger partial charge >= 0.3 is 0 Å². The van der Waals surface area contributed by atoms with E-state index in [1.807, 2.05) is 0 Å². The Morgan fingerprint density at radius 3 is 2.52 bits per heavy atom. The molecule has 3 aromatic rings. The molecule has 0 radical (unpaired) electrons. The molecule has 128 valence electrons. The van der Waals surface area contributed by atoms with Crippen molar-refractivity contribution in [2.75, 3.05) is 5.32 Å². The van der Waals surface area contributed by atoms with E-state index in [0.29, 0.717) is 27.8 Å². The van der Waals surface area contributed by atoms with E-state index in [1.165, 1.54) is 35.0 Å². The van der Waals surface area contributed by atoms with E-state index in [4.69, 9.17) is 23.2 Å². The highest BCUT2D eigenvalue weighted by Gasteiger charge is 2.18. The summed E-state index contributed by atoms with van der Waals surface area (Å²) in [6.07, 6.45) is 0. The van der Waals surface area contributed by atoms with Crippen molar-refractivity contribution in [3.63, 3.8) is 0 Å². The van der Waals surface area contributed by atoms with Crippen LogP contribution in [-0.4, -0.2) is 15.7 Å². The number of fused-ring (bicyclic) bond motifs is 1. The molecule has 2 aromatic carbocycles. The van der Waals surface area contributed by atoms with E-state index in [2.05, 4.69) is 10.4 Å². The van der Waals surface area contributed by atoms with Gasteiger partial charge in [0, 0.05) is 22.3 Å². The lowest BCUT2D eigenvalue weighted by Crippen LogP contribution is -2.27. The first-order chi connectivity index (χ1) is 11.9. The van der Waals surface area contributed by atoms with E-state index >= 15 is 0 Å². The molecule has 0 unspecified atom stereocenters. The Balaban J connectivity index is 2.09. The third kappa shape index (κ3) is 3.50. The zero-order chi connectivity index (χ0) is 18.1. The first kappa shape index (κ1) is 17.4. The Bertz CT molecular complexity index is 1030. The topological polar surface area (TPSA) is 64.0 Å². The maximum atomic E-state index is 13.5. The number of nitrogens with one attached hydrogen (secondary N) is 1. The normalized spacial score (nSPS) is 10.9. The summed E-state index contributed by atoms with van der Waals surface area (Å²) in [5.74, 6) is -1.29. The lowest BCUT2D eigenvalue weighted by atomic mass is 10.2. The SMILES string of the molecule is CCn1nc(C(=O)Nc2cc(Cl)cc(Cl)c2)c(=O)c2cc(F)ccc21. The van der Waals surface area contributed by atoms with Crippen LogP contribution in [0.3, 0.4) is 0 Å². The van der Waals surface area contributed by atoms with E-state index < -0.39 is 17.2 Å². The second-order valence-electron chi connectivity index (χ2n) is 5.27. The van der Waals surface area contributed by atoms with Crippen molar-refractivity contribution in [1.82, 2.24) is 9.78 Å². The Kier molecular flexibility index (Phi) is 4.74. The van der Waals surface area contributed by atoms with Gasteiger partial charge in [-0.1, -0.05) is 23.2 Å². The third-order valence-electron chi connectivity index (χ3n) is 3.55. The van der Waals surface area contributed by atoms with Crippen LogP contribution in [0.2, 0.25) is 10.0 Å². The number of benzene rings is 2. The number of nitrogens with zero attached hydrogens (tertiary/aromatic N) is 2. The summed E-state index contributed by atoms with van der Waals surface area (Å²) < 4.78 is 15.0. The minimum Gasteiger partial charge on any atom is -0.320 e. The summed E-state index contributed by atoms with van der Waals surface area (Å²) >= 11 is 11.8. The first-order valence-electron chi connectivity index (χ1n) is 7.37. The molecule has 8 heteroatoms. The number of anilines is 1. The van der Waals surface area contributed by atoms with E-state index in [9.17, 15) is 14.0 Å². The van der Waals surface area contributed by atoms with E-state index in [1.54, 1.807) is 6.92 Å². The fraction of sp³-hybridized carbons (Fsp3) is 0.118. The highest BCUT2D eigenvalue weighted by Crippen LogP contribution is 2.22. The van der Waals surface area contributed by atoms with Crippen molar-refractivity contribution in [1.29, 1.82) is 0 Å². The van der Waals surface area contributed by atoms with Gasteiger partial charge in [0.25, 0.3) is 5.91 Å². The number of hydrogen-bond donors (Lipinski definition) is 1. The molecule has 1 heterocycles. The average Bonchev–Trinajstić information content (AvgIpc) is 2.54. The van der Waals surface area contributed by atoms with Crippen LogP contribution in [0.15, 0.2) is 41.2 Å². The van der Waals surface area contributed by atoms with Crippen LogP contribution in [0.4, 0.5) is 10.1 Å². The van der Waals surface area contributed by atoms with Gasteiger partial charge in [-0.3, -0.25) is 14.3 Å². The van der Waals surface area contributed by atoms with Crippen LogP contribution in [-0.2, 0) is 6.54 Å². The Hall–Kier alpha value is -2.44. The molecular formula is C17H12Cl2FN3O2. The number of carbonyl (C=O) groups excluding carboxylic acids is 1. The summed E-state index contributed by atoms with van der Waals surface area (Å²) in [7, 11) is 0. The molecule has 1 N–H and O–H groups in total. The van der Waals surface area contributed by atoms with Crippen LogP contribution in [0.1, 0.15) is 17.4 Å². The number of hydrogen-bond acceptors (Lipinski definition) is 3. The number of rotatable bonds is 3.